The van der Waals surface area contributed by atoms with E-state index in [-0.39, 0.29) is 5.92 Å². The van der Waals surface area contributed by atoms with Gasteiger partial charge in [-0.15, -0.1) is 0 Å². The van der Waals surface area contributed by atoms with E-state index >= 15 is 0 Å². The molecule has 0 aliphatic heterocycles. The summed E-state index contributed by atoms with van der Waals surface area (Å²) in [6, 6.07) is 0.540. The van der Waals surface area contributed by atoms with Crippen molar-refractivity contribution in [3.8, 4) is 0 Å². The second-order valence-electron chi connectivity index (χ2n) is 6.85. The molecule has 2 unspecified atom stereocenters. The van der Waals surface area contributed by atoms with Gasteiger partial charge in [0.1, 0.15) is 0 Å². The van der Waals surface area contributed by atoms with Crippen molar-refractivity contribution in [1.82, 2.24) is 14.0 Å². The number of hydrogen-bond donors (Lipinski definition) is 1. The van der Waals surface area contributed by atoms with Crippen LogP contribution in [0.4, 0.5) is 0 Å². The first kappa shape index (κ1) is 18.8. The van der Waals surface area contributed by atoms with Gasteiger partial charge in [0.05, 0.1) is 17.9 Å². The number of nitrogens with zero attached hydrogens (tertiary/aromatic N) is 3. The molecule has 1 fully saturated rings. The van der Waals surface area contributed by atoms with Crippen LogP contribution in [0.15, 0.2) is 12.5 Å². The lowest BCUT2D eigenvalue weighted by Crippen LogP contribution is -2.18. The zero-order chi connectivity index (χ0) is 16.8. The Balaban J connectivity index is 1.89. The normalized spacial score (nSPS) is 23.1. The molecular formula is C16H29N3O2P2. The van der Waals surface area contributed by atoms with Gasteiger partial charge in [0, 0.05) is 25.2 Å². The lowest BCUT2D eigenvalue weighted by Gasteiger charge is -2.26. The average molecular weight is 357 g/mol. The number of carbonyl (C=O) groups is 1. The van der Waals surface area contributed by atoms with Gasteiger partial charge in [0.2, 0.25) is 0 Å². The Morgan fingerprint density at radius 3 is 2.74 bits per heavy atom. The van der Waals surface area contributed by atoms with Crippen LogP contribution in [0.1, 0.15) is 57.2 Å². The van der Waals surface area contributed by atoms with E-state index in [0.717, 1.165) is 24.6 Å². The fourth-order valence-corrected chi connectivity index (χ4v) is 3.68. The van der Waals surface area contributed by atoms with Crippen molar-refractivity contribution < 1.29 is 9.90 Å². The average Bonchev–Trinajstić information content (AvgIpc) is 2.95. The molecule has 1 aliphatic carbocycles. The summed E-state index contributed by atoms with van der Waals surface area (Å²) >= 11 is 0. The molecule has 1 aliphatic rings. The highest BCUT2D eigenvalue weighted by molar-refractivity contribution is 7.30. The first-order valence-electron chi connectivity index (χ1n) is 8.47. The predicted molar refractivity (Wildman–Crippen MR) is 99.1 cm³/mol. The molecule has 0 spiro atoms. The van der Waals surface area contributed by atoms with Gasteiger partial charge >= 0.3 is 5.97 Å². The zero-order valence-electron chi connectivity index (χ0n) is 13.9. The van der Waals surface area contributed by atoms with Gasteiger partial charge in [-0.2, -0.15) is 0 Å². The van der Waals surface area contributed by atoms with E-state index in [0.29, 0.717) is 18.9 Å². The van der Waals surface area contributed by atoms with Crippen LogP contribution in [-0.2, 0) is 11.2 Å². The third kappa shape index (κ3) is 6.14. The molecule has 0 bridgehead atoms. The molecule has 1 N–H and O–H groups in total. The van der Waals surface area contributed by atoms with Gasteiger partial charge < -0.3 is 9.67 Å². The van der Waals surface area contributed by atoms with Crippen molar-refractivity contribution in [2.24, 2.45) is 11.8 Å². The Bertz CT molecular complexity index is 499. The lowest BCUT2D eigenvalue weighted by molar-refractivity contribution is -0.142. The quantitative estimate of drug-likeness (QED) is 0.723. The summed E-state index contributed by atoms with van der Waals surface area (Å²) in [5.74, 6) is -0.233. The number of carboxylic acid groups (broad SMARTS) is 1. The number of carboxylic acids is 1. The maximum atomic E-state index is 11.5. The molecule has 5 nitrogen and oxygen atoms in total. The van der Waals surface area contributed by atoms with Gasteiger partial charge in [-0.25, -0.2) is 4.98 Å². The molecule has 23 heavy (non-hydrogen) atoms. The molecule has 7 heteroatoms. The van der Waals surface area contributed by atoms with Crippen LogP contribution in [0.25, 0.3) is 0 Å². The number of imidazole rings is 1. The van der Waals surface area contributed by atoms with E-state index in [1.54, 1.807) is 0 Å². The molecule has 2 rings (SSSR count). The fourth-order valence-electron chi connectivity index (χ4n) is 3.31. The molecule has 130 valence electrons. The second kappa shape index (κ2) is 9.11. The maximum absolute atomic E-state index is 11.5. The molecule has 1 heterocycles. The van der Waals surface area contributed by atoms with Crippen LogP contribution in [0.5, 0.6) is 0 Å². The van der Waals surface area contributed by atoms with Gasteiger partial charge in [-0.05, 0) is 44.4 Å². The molecular weight excluding hydrogens is 328 g/mol. The standard InChI is InChI=1S/C16H29N3O2P2/c1-12-4-6-15(7-5-12)18-10-14(17-11-18)9-13(16(20)21)3-2-8-19(22)23/h10-13,15H,2-9,22-23H2,1H3,(H,20,21)/t12?,13-,15?/m0/s1. The molecule has 3 atom stereocenters. The Morgan fingerprint density at radius 2 is 2.13 bits per heavy atom. The zero-order valence-corrected chi connectivity index (χ0v) is 16.2. The maximum Gasteiger partial charge on any atom is 0.306 e. The monoisotopic (exact) mass is 357 g/mol. The molecule has 1 aromatic heterocycles. The van der Waals surface area contributed by atoms with Gasteiger partial charge in [-0.3, -0.25) is 9.24 Å². The molecule has 0 amide bonds. The summed E-state index contributed by atoms with van der Waals surface area (Å²) in [5, 5.41) is 9.43. The van der Waals surface area contributed by atoms with Crippen molar-refractivity contribution in [2.45, 2.75) is 57.9 Å². The highest BCUT2D eigenvalue weighted by atomic mass is 31.1. The Morgan fingerprint density at radius 1 is 1.43 bits per heavy atom. The fraction of sp³-hybridized carbons (Fsp3) is 0.750. The third-order valence-electron chi connectivity index (χ3n) is 4.84. The minimum Gasteiger partial charge on any atom is -0.481 e. The second-order valence-corrected chi connectivity index (χ2v) is 8.77. The molecule has 0 aromatic carbocycles. The summed E-state index contributed by atoms with van der Waals surface area (Å²) in [6.07, 6.45) is 11.0. The van der Waals surface area contributed by atoms with E-state index in [1.807, 2.05) is 10.8 Å². The van der Waals surface area contributed by atoms with Crippen LogP contribution >= 0.6 is 18.8 Å². The van der Waals surface area contributed by atoms with Gasteiger partial charge in [0.25, 0.3) is 0 Å². The van der Waals surface area contributed by atoms with Crippen molar-refractivity contribution in [2.75, 3.05) is 6.54 Å². The number of aromatic nitrogens is 2. The van der Waals surface area contributed by atoms with Crippen molar-refractivity contribution in [3.05, 3.63) is 18.2 Å². The van der Waals surface area contributed by atoms with E-state index in [9.17, 15) is 9.90 Å². The number of hydrogen-bond acceptors (Lipinski definition) is 3. The van der Waals surface area contributed by atoms with Crippen LogP contribution in [0.3, 0.4) is 0 Å². The summed E-state index contributed by atoms with van der Waals surface area (Å²) in [4.78, 5) is 15.9. The van der Waals surface area contributed by atoms with Crippen LogP contribution in [-0.4, -0.2) is 31.6 Å². The SMILES string of the molecule is CC1CCC(n2cnc(C[C@H](CCCN(P)P)C(=O)O)c2)CC1. The molecule has 0 radical (unpaired) electrons. The van der Waals surface area contributed by atoms with E-state index in [2.05, 4.69) is 41.5 Å². The first-order chi connectivity index (χ1) is 11.0. The molecule has 1 aromatic rings. The van der Waals surface area contributed by atoms with E-state index in [1.165, 1.54) is 25.7 Å². The Labute approximate surface area is 143 Å². The lowest BCUT2D eigenvalue weighted by atomic mass is 9.87. The predicted octanol–water partition coefficient (Wildman–Crippen LogP) is 3.54. The minimum absolute atomic E-state index is 0.348. The topological polar surface area (TPSA) is 58.4 Å². The van der Waals surface area contributed by atoms with E-state index in [4.69, 9.17) is 0 Å². The summed E-state index contributed by atoms with van der Waals surface area (Å²) < 4.78 is 4.13. The third-order valence-corrected chi connectivity index (χ3v) is 5.35. The highest BCUT2D eigenvalue weighted by Gasteiger charge is 2.22. The van der Waals surface area contributed by atoms with Crippen molar-refractivity contribution >= 4 is 24.8 Å². The smallest absolute Gasteiger partial charge is 0.306 e. The van der Waals surface area contributed by atoms with Crippen molar-refractivity contribution in [3.63, 3.8) is 0 Å². The van der Waals surface area contributed by atoms with E-state index < -0.39 is 5.97 Å². The van der Waals surface area contributed by atoms with Crippen LogP contribution in [0, 0.1) is 11.8 Å². The first-order valence-corrected chi connectivity index (χ1v) is 9.51. The van der Waals surface area contributed by atoms with Crippen LogP contribution in [0.2, 0.25) is 0 Å². The Hall–Kier alpha value is -0.500. The van der Waals surface area contributed by atoms with Gasteiger partial charge in [0.15, 0.2) is 0 Å². The summed E-state index contributed by atoms with van der Waals surface area (Å²) in [5.41, 5.74) is 0.907. The minimum atomic E-state index is -0.717. The van der Waals surface area contributed by atoms with Crippen molar-refractivity contribution in [1.29, 1.82) is 0 Å². The largest absolute Gasteiger partial charge is 0.481 e. The Kier molecular flexibility index (Phi) is 7.46. The summed E-state index contributed by atoms with van der Waals surface area (Å²) in [6.45, 7) is 3.17. The molecule has 0 saturated heterocycles. The number of aliphatic carboxylic acids is 1. The highest BCUT2D eigenvalue weighted by Crippen LogP contribution is 2.32. The molecule has 1 saturated carbocycles. The number of rotatable bonds is 8. The summed E-state index contributed by atoms with van der Waals surface area (Å²) in [7, 11) is 5.14. The van der Waals surface area contributed by atoms with Gasteiger partial charge in [-0.1, -0.05) is 25.7 Å². The van der Waals surface area contributed by atoms with Crippen LogP contribution < -0.4 is 0 Å².